The van der Waals surface area contributed by atoms with Crippen LogP contribution >= 0.6 is 29.7 Å². The largest absolute Gasteiger partial charge is 0.422 e. The Balaban J connectivity index is 2.12. The molecule has 1 fully saturated rings. The van der Waals surface area contributed by atoms with E-state index in [1.807, 2.05) is 0 Å². The number of nitrogens with one attached hydrogen (secondary N) is 1. The molecule has 2 rings (SSSR count). The van der Waals surface area contributed by atoms with Gasteiger partial charge in [0, 0.05) is 16.3 Å². The maximum absolute atomic E-state index is 12.4. The average molecular weight is 336 g/mol. The van der Waals surface area contributed by atoms with Crippen LogP contribution in [0.4, 0.5) is 0 Å². The quantitative estimate of drug-likeness (QED) is 0.801. The molecule has 1 saturated carbocycles. The van der Waals surface area contributed by atoms with Crippen LogP contribution in [0.2, 0.25) is 5.02 Å². The van der Waals surface area contributed by atoms with Crippen molar-refractivity contribution < 1.29 is 13.9 Å². The van der Waals surface area contributed by atoms with Gasteiger partial charge in [-0.15, -0.1) is 0 Å². The van der Waals surface area contributed by atoms with E-state index in [1.165, 1.54) is 6.92 Å². The maximum Gasteiger partial charge on any atom is 0.410 e. The smallest absolute Gasteiger partial charge is 0.410 e. The molecule has 0 amide bonds. The van der Waals surface area contributed by atoms with Gasteiger partial charge in [0.15, 0.2) is 0 Å². The molecule has 1 aliphatic rings. The standard InChI is InChI=1S/C13H16Cl2NO3P/c1-10(17)13(8-2-3-9-13)16-20(15,18)19-12-6-4-11(14)5-7-12/h4-7H,2-3,8-9H2,1H3,(H,16,18). The van der Waals surface area contributed by atoms with Gasteiger partial charge in [0.25, 0.3) is 0 Å². The van der Waals surface area contributed by atoms with Crippen molar-refractivity contribution in [2.24, 2.45) is 0 Å². The number of halogens is 2. The summed E-state index contributed by atoms with van der Waals surface area (Å²) in [7, 11) is 0. The molecule has 1 aromatic rings. The van der Waals surface area contributed by atoms with Crippen LogP contribution in [0.25, 0.3) is 0 Å². The van der Waals surface area contributed by atoms with Gasteiger partial charge in [0.2, 0.25) is 0 Å². The van der Waals surface area contributed by atoms with Crippen LogP contribution in [0.3, 0.4) is 0 Å². The van der Waals surface area contributed by atoms with Gasteiger partial charge in [-0.1, -0.05) is 24.4 Å². The first-order chi connectivity index (χ1) is 9.33. The van der Waals surface area contributed by atoms with E-state index < -0.39 is 12.4 Å². The highest BCUT2D eigenvalue weighted by molar-refractivity contribution is 7.84. The number of hydrogen-bond acceptors (Lipinski definition) is 3. The van der Waals surface area contributed by atoms with Crippen LogP contribution in [-0.2, 0) is 9.36 Å². The van der Waals surface area contributed by atoms with Crippen LogP contribution in [-0.4, -0.2) is 11.3 Å². The van der Waals surface area contributed by atoms with Gasteiger partial charge in [0.1, 0.15) is 11.5 Å². The van der Waals surface area contributed by atoms with E-state index in [1.54, 1.807) is 24.3 Å². The molecule has 1 atom stereocenters. The third kappa shape index (κ3) is 3.76. The van der Waals surface area contributed by atoms with Gasteiger partial charge in [0.05, 0.1) is 5.54 Å². The fourth-order valence-electron chi connectivity index (χ4n) is 2.43. The lowest BCUT2D eigenvalue weighted by Gasteiger charge is -2.29. The molecule has 0 bridgehead atoms. The Bertz CT molecular complexity index is 541. The second kappa shape index (κ2) is 6.07. The van der Waals surface area contributed by atoms with Gasteiger partial charge in [-0.2, -0.15) is 0 Å². The van der Waals surface area contributed by atoms with E-state index in [9.17, 15) is 9.36 Å². The molecule has 4 nitrogen and oxygen atoms in total. The second-order valence-corrected chi connectivity index (χ2v) is 8.12. The topological polar surface area (TPSA) is 55.4 Å². The van der Waals surface area contributed by atoms with Gasteiger partial charge in [-0.3, -0.25) is 4.79 Å². The summed E-state index contributed by atoms with van der Waals surface area (Å²) >= 11 is 11.7. The number of carbonyl (C=O) groups excluding carboxylic acids is 1. The number of hydrogen-bond donors (Lipinski definition) is 1. The monoisotopic (exact) mass is 335 g/mol. The molecule has 1 aliphatic carbocycles. The first-order valence-corrected chi connectivity index (χ1v) is 9.29. The molecule has 20 heavy (non-hydrogen) atoms. The molecule has 1 unspecified atom stereocenters. The first kappa shape index (κ1) is 15.8. The summed E-state index contributed by atoms with van der Waals surface area (Å²) in [6.45, 7) is -2.16. The zero-order valence-corrected chi connectivity index (χ0v) is 13.5. The Hall–Kier alpha value is -0.540. The van der Waals surface area contributed by atoms with E-state index in [0.29, 0.717) is 23.6 Å². The van der Waals surface area contributed by atoms with Crippen molar-refractivity contribution in [1.29, 1.82) is 0 Å². The molecule has 1 N–H and O–H groups in total. The van der Waals surface area contributed by atoms with Gasteiger partial charge in [-0.25, -0.2) is 9.65 Å². The number of carbonyl (C=O) groups is 1. The van der Waals surface area contributed by atoms with Crippen LogP contribution < -0.4 is 9.61 Å². The number of rotatable bonds is 5. The lowest BCUT2D eigenvalue weighted by Crippen LogP contribution is -2.46. The highest BCUT2D eigenvalue weighted by atomic mass is 35.7. The summed E-state index contributed by atoms with van der Waals surface area (Å²) < 4.78 is 17.7. The molecule has 0 heterocycles. The normalized spacial score (nSPS) is 20.4. The molecule has 0 spiro atoms. The predicted molar refractivity (Wildman–Crippen MR) is 80.6 cm³/mol. The van der Waals surface area contributed by atoms with Crippen LogP contribution in [0.1, 0.15) is 32.6 Å². The number of benzene rings is 1. The summed E-state index contributed by atoms with van der Waals surface area (Å²) in [4.78, 5) is 11.8. The fourth-order valence-corrected chi connectivity index (χ4v) is 4.61. The zero-order valence-electron chi connectivity index (χ0n) is 11.1. The Kier molecular flexibility index (Phi) is 4.80. The van der Waals surface area contributed by atoms with Gasteiger partial charge < -0.3 is 4.52 Å². The Morgan fingerprint density at radius 3 is 2.35 bits per heavy atom. The van der Waals surface area contributed by atoms with Crippen molar-refractivity contribution in [2.45, 2.75) is 38.1 Å². The van der Waals surface area contributed by atoms with E-state index in [2.05, 4.69) is 5.09 Å². The molecular formula is C13H16Cl2NO3P. The predicted octanol–water partition coefficient (Wildman–Crippen LogP) is 4.56. The molecule has 7 heteroatoms. The molecule has 0 aliphatic heterocycles. The molecule has 0 radical (unpaired) electrons. The number of Topliss-reactive ketones (excluding diaryl/α,β-unsaturated/α-hetero) is 1. The summed E-state index contributed by atoms with van der Waals surface area (Å²) in [5.41, 5.74) is -0.830. The maximum atomic E-state index is 12.4. The zero-order chi connectivity index (χ0) is 14.8. The Morgan fingerprint density at radius 2 is 1.85 bits per heavy atom. The van der Waals surface area contributed by atoms with Crippen molar-refractivity contribution >= 4 is 35.5 Å². The van der Waals surface area contributed by atoms with Crippen molar-refractivity contribution in [3.05, 3.63) is 29.3 Å². The van der Waals surface area contributed by atoms with Crippen molar-refractivity contribution in [1.82, 2.24) is 5.09 Å². The van der Waals surface area contributed by atoms with E-state index in [0.717, 1.165) is 12.8 Å². The van der Waals surface area contributed by atoms with E-state index in [-0.39, 0.29) is 5.78 Å². The summed E-state index contributed by atoms with van der Waals surface area (Å²) in [5.74, 6) is 0.285. The lowest BCUT2D eigenvalue weighted by atomic mass is 9.95. The fraction of sp³-hybridized carbons (Fsp3) is 0.462. The molecular weight excluding hydrogens is 320 g/mol. The summed E-state index contributed by atoms with van der Waals surface area (Å²) in [6.07, 6.45) is 3.07. The number of ketones is 1. The van der Waals surface area contributed by atoms with Gasteiger partial charge in [-0.05, 0) is 44.0 Å². The minimum atomic E-state index is -3.64. The molecule has 0 aromatic heterocycles. The lowest BCUT2D eigenvalue weighted by molar-refractivity contribution is -0.122. The highest BCUT2D eigenvalue weighted by Crippen LogP contribution is 2.52. The van der Waals surface area contributed by atoms with Crippen molar-refractivity contribution in [2.75, 3.05) is 0 Å². The molecule has 0 saturated heterocycles. The van der Waals surface area contributed by atoms with E-state index >= 15 is 0 Å². The molecule has 110 valence electrons. The van der Waals surface area contributed by atoms with Crippen molar-refractivity contribution in [3.8, 4) is 5.75 Å². The Labute approximate surface area is 128 Å². The Morgan fingerprint density at radius 1 is 1.30 bits per heavy atom. The molecule has 1 aromatic carbocycles. The third-order valence-corrected chi connectivity index (χ3v) is 5.37. The summed E-state index contributed by atoms with van der Waals surface area (Å²) in [6, 6.07) is 6.39. The highest BCUT2D eigenvalue weighted by Gasteiger charge is 2.44. The SMILES string of the molecule is CC(=O)C1(NP(=O)(Cl)Oc2ccc(Cl)cc2)CCCC1. The van der Waals surface area contributed by atoms with Crippen LogP contribution in [0.5, 0.6) is 5.75 Å². The average Bonchev–Trinajstić information content (AvgIpc) is 2.81. The minimum Gasteiger partial charge on any atom is -0.422 e. The second-order valence-electron chi connectivity index (χ2n) is 4.98. The first-order valence-electron chi connectivity index (χ1n) is 6.38. The van der Waals surface area contributed by atoms with Crippen LogP contribution in [0, 0.1) is 0 Å². The van der Waals surface area contributed by atoms with Crippen LogP contribution in [0.15, 0.2) is 24.3 Å². The van der Waals surface area contributed by atoms with Gasteiger partial charge >= 0.3 is 6.87 Å². The van der Waals surface area contributed by atoms with Crippen molar-refractivity contribution in [3.63, 3.8) is 0 Å². The van der Waals surface area contributed by atoms with E-state index in [4.69, 9.17) is 27.4 Å². The third-order valence-electron chi connectivity index (χ3n) is 3.52. The minimum absolute atomic E-state index is 0.0596. The summed E-state index contributed by atoms with van der Waals surface area (Å²) in [5, 5.41) is 3.29.